The van der Waals surface area contributed by atoms with Gasteiger partial charge >= 0.3 is 0 Å². The predicted molar refractivity (Wildman–Crippen MR) is 175 cm³/mol. The fraction of sp³-hybridized carbons (Fsp3) is 0.200. The zero-order valence-electron chi connectivity index (χ0n) is 25.5. The molecule has 0 spiro atoms. The number of anilines is 1. The van der Waals surface area contributed by atoms with Crippen molar-refractivity contribution in [3.63, 3.8) is 0 Å². The fourth-order valence-corrected chi connectivity index (χ4v) is 5.72. The maximum absolute atomic E-state index is 15.4. The van der Waals surface area contributed by atoms with Crippen LogP contribution in [0.3, 0.4) is 0 Å². The average Bonchev–Trinajstić information content (AvgIpc) is 3.08. The zero-order chi connectivity index (χ0) is 33.1. The largest absolute Gasteiger partial charge is 0.493 e. The molecule has 5 aromatic rings. The van der Waals surface area contributed by atoms with Gasteiger partial charge in [0.2, 0.25) is 0 Å². The van der Waals surface area contributed by atoms with Crippen molar-refractivity contribution in [3.8, 4) is 28.9 Å². The Morgan fingerprint density at radius 3 is 2.55 bits per heavy atom. The van der Waals surface area contributed by atoms with Crippen LogP contribution in [-0.2, 0) is 0 Å². The number of pyridine rings is 2. The van der Waals surface area contributed by atoms with E-state index in [1.54, 1.807) is 12.3 Å². The van der Waals surface area contributed by atoms with Crippen LogP contribution in [0.4, 0.5) is 14.5 Å². The lowest BCUT2D eigenvalue weighted by atomic mass is 9.42. The molecule has 9 nitrogen and oxygen atoms in total. The van der Waals surface area contributed by atoms with Crippen LogP contribution in [0.15, 0.2) is 90.0 Å². The molecule has 1 aliphatic heterocycles. The fourth-order valence-electron chi connectivity index (χ4n) is 5.72. The number of aryl methyl sites for hydroxylation is 1. The number of nitrogens with zero attached hydrogens (tertiary/aromatic N) is 4. The Balaban J connectivity index is 1.17. The van der Waals surface area contributed by atoms with Crippen molar-refractivity contribution >= 4 is 29.2 Å². The molecule has 6 rings (SSSR count). The second kappa shape index (κ2) is 13.4. The van der Waals surface area contributed by atoms with Gasteiger partial charge in [-0.05, 0) is 79.1 Å². The molecule has 3 heterocycles. The Bertz CT molecular complexity index is 2060. The maximum Gasteiger partial charge on any atom is 0.278 e. The molecule has 0 atom stereocenters. The van der Waals surface area contributed by atoms with Gasteiger partial charge in [0, 0.05) is 41.6 Å². The van der Waals surface area contributed by atoms with E-state index in [1.165, 1.54) is 59.3 Å². The van der Waals surface area contributed by atoms with Crippen molar-refractivity contribution in [2.75, 3.05) is 11.6 Å². The van der Waals surface area contributed by atoms with Crippen molar-refractivity contribution in [1.82, 2.24) is 9.55 Å². The van der Waals surface area contributed by atoms with Gasteiger partial charge in [0.05, 0.1) is 17.8 Å². The standard InChI is InChI=1S/C35H30BF2N5O4/c1-22-17-28-30(19-33(22)46-20-23-10-13-36(21-39)14-11-23)41-15-12-31(28)47-32-9-8-26(18-29(32)38)43(40)35(45)27-3-2-16-42(34(27)44)25-6-4-24(37)5-7-25/h2-9,12,15-19,23H,10-11,13-14,20,40H2,1H3. The van der Waals surface area contributed by atoms with E-state index in [0.29, 0.717) is 45.6 Å². The van der Waals surface area contributed by atoms with Crippen LogP contribution < -0.4 is 25.9 Å². The predicted octanol–water partition coefficient (Wildman–Crippen LogP) is 6.63. The van der Waals surface area contributed by atoms with E-state index in [-0.39, 0.29) is 23.7 Å². The quantitative estimate of drug-likeness (QED) is 0.0881. The summed E-state index contributed by atoms with van der Waals surface area (Å²) in [5, 5.41) is 10.5. The Labute approximate surface area is 269 Å². The molecule has 0 radical (unpaired) electrons. The summed E-state index contributed by atoms with van der Waals surface area (Å²) in [5.41, 5.74) is 0.911. The minimum Gasteiger partial charge on any atom is -0.493 e. The minimum absolute atomic E-state index is 0.00485. The highest BCUT2D eigenvalue weighted by Crippen LogP contribution is 2.35. The van der Waals surface area contributed by atoms with Gasteiger partial charge < -0.3 is 9.47 Å². The van der Waals surface area contributed by atoms with Crippen molar-refractivity contribution in [2.24, 2.45) is 11.8 Å². The Morgan fingerprint density at radius 1 is 1.06 bits per heavy atom. The maximum atomic E-state index is 15.4. The summed E-state index contributed by atoms with van der Waals surface area (Å²) in [6.07, 6.45) is 6.73. The molecule has 236 valence electrons. The third kappa shape index (κ3) is 6.71. The van der Waals surface area contributed by atoms with E-state index in [2.05, 4.69) is 11.0 Å². The molecule has 0 unspecified atom stereocenters. The van der Waals surface area contributed by atoms with Crippen LogP contribution in [0.1, 0.15) is 28.8 Å². The van der Waals surface area contributed by atoms with Gasteiger partial charge in [-0.2, -0.15) is 0 Å². The van der Waals surface area contributed by atoms with Gasteiger partial charge in [-0.15, -0.1) is 0 Å². The van der Waals surface area contributed by atoms with E-state index in [4.69, 9.17) is 20.6 Å². The number of aromatic nitrogens is 2. The first kappa shape index (κ1) is 31.4. The second-order valence-electron chi connectivity index (χ2n) is 11.6. The van der Waals surface area contributed by atoms with Gasteiger partial charge in [0.15, 0.2) is 11.6 Å². The monoisotopic (exact) mass is 633 g/mol. The number of ether oxygens (including phenoxy) is 2. The van der Waals surface area contributed by atoms with E-state index in [0.717, 1.165) is 37.1 Å². The molecule has 1 fully saturated rings. The van der Waals surface area contributed by atoms with Crippen LogP contribution in [0.25, 0.3) is 16.6 Å². The number of hydrazine groups is 1. The SMILES string of the molecule is Cc1cc2c(Oc3ccc(N(N)C(=O)c4cccn(-c5ccc(F)cc5)c4=O)cc3F)ccnc2cc1OCC1CCB(C#N)CC1. The molecule has 47 heavy (non-hydrogen) atoms. The number of hydrogen-bond donors (Lipinski definition) is 1. The van der Waals surface area contributed by atoms with Gasteiger partial charge in [0.25, 0.3) is 18.2 Å². The highest BCUT2D eigenvalue weighted by molar-refractivity contribution is 6.67. The topological polar surface area (TPSA) is 123 Å². The molecule has 2 aromatic heterocycles. The molecule has 0 aliphatic carbocycles. The highest BCUT2D eigenvalue weighted by Gasteiger charge is 2.25. The lowest BCUT2D eigenvalue weighted by Gasteiger charge is -2.23. The zero-order valence-corrected chi connectivity index (χ0v) is 25.5. The minimum atomic E-state index is -0.858. The number of halogens is 2. The lowest BCUT2D eigenvalue weighted by Crippen LogP contribution is -2.41. The van der Waals surface area contributed by atoms with Crippen LogP contribution in [0, 0.1) is 35.7 Å². The summed E-state index contributed by atoms with van der Waals surface area (Å²) in [4.78, 5) is 30.7. The van der Waals surface area contributed by atoms with Crippen LogP contribution in [0.5, 0.6) is 17.2 Å². The van der Waals surface area contributed by atoms with Crippen molar-refractivity contribution < 1.29 is 23.0 Å². The smallest absolute Gasteiger partial charge is 0.278 e. The van der Waals surface area contributed by atoms with Crippen LogP contribution in [-0.4, -0.2) is 28.8 Å². The molecule has 3 aromatic carbocycles. The summed E-state index contributed by atoms with van der Waals surface area (Å²) in [7, 11) is 0. The summed E-state index contributed by atoms with van der Waals surface area (Å²) in [6, 6.07) is 17.2. The third-order valence-corrected chi connectivity index (χ3v) is 8.42. The molecule has 12 heteroatoms. The van der Waals surface area contributed by atoms with Crippen LogP contribution in [0.2, 0.25) is 12.6 Å². The van der Waals surface area contributed by atoms with Gasteiger partial charge in [-0.25, -0.2) is 24.9 Å². The molecular formula is C35H30BF2N5O4. The number of benzene rings is 3. The number of rotatable bonds is 8. The summed E-state index contributed by atoms with van der Waals surface area (Å²) in [6.45, 7) is 2.62. The molecular weight excluding hydrogens is 603 g/mol. The number of nitrogens with two attached hydrogens (primary N) is 1. The summed E-state index contributed by atoms with van der Waals surface area (Å²) >= 11 is 0. The molecule has 1 amide bonds. The van der Waals surface area contributed by atoms with Crippen molar-refractivity contribution in [2.45, 2.75) is 32.4 Å². The van der Waals surface area contributed by atoms with E-state index in [1.807, 2.05) is 19.1 Å². The molecule has 1 aliphatic rings. The van der Waals surface area contributed by atoms with Gasteiger partial charge in [0.1, 0.15) is 22.9 Å². The number of fused-ring (bicyclic) bond motifs is 1. The first-order valence-electron chi connectivity index (χ1n) is 15.2. The number of nitriles is 1. The summed E-state index contributed by atoms with van der Waals surface area (Å²) in [5.74, 6) is 7.67. The Kier molecular flexibility index (Phi) is 9.00. The van der Waals surface area contributed by atoms with E-state index in [9.17, 15) is 14.0 Å². The first-order chi connectivity index (χ1) is 22.7. The molecule has 2 N–H and O–H groups in total. The average molecular weight is 633 g/mol. The van der Waals surface area contributed by atoms with Gasteiger partial charge in [-0.1, -0.05) is 25.5 Å². The van der Waals surface area contributed by atoms with Gasteiger partial charge in [-0.3, -0.25) is 19.1 Å². The molecule has 1 saturated heterocycles. The second-order valence-corrected chi connectivity index (χ2v) is 11.6. The van der Waals surface area contributed by atoms with E-state index < -0.39 is 23.1 Å². The Morgan fingerprint density at radius 2 is 1.83 bits per heavy atom. The normalized spacial score (nSPS) is 13.3. The highest BCUT2D eigenvalue weighted by atomic mass is 19.1. The van der Waals surface area contributed by atoms with E-state index >= 15 is 4.39 Å². The number of amides is 1. The first-order valence-corrected chi connectivity index (χ1v) is 15.2. The molecule has 0 bridgehead atoms. The Hall–Kier alpha value is -5.54. The third-order valence-electron chi connectivity index (χ3n) is 8.42. The summed E-state index contributed by atoms with van der Waals surface area (Å²) < 4.78 is 42.0. The van der Waals surface area contributed by atoms with Crippen LogP contribution >= 0.6 is 0 Å². The van der Waals surface area contributed by atoms with Crippen molar-refractivity contribution in [1.29, 1.82) is 5.26 Å². The lowest BCUT2D eigenvalue weighted by molar-refractivity contribution is 0.0985. The number of hydrogen-bond acceptors (Lipinski definition) is 7. The number of carbonyl (C=O) groups excluding carboxylic acids is 1. The molecule has 0 saturated carbocycles. The van der Waals surface area contributed by atoms with Crippen molar-refractivity contribution in [3.05, 3.63) is 118 Å². The number of carbonyl (C=O) groups is 1.